The average molecular weight is 951 g/mol. The van der Waals surface area contributed by atoms with E-state index in [0.717, 1.165) is 79.4 Å². The van der Waals surface area contributed by atoms with E-state index in [0.29, 0.717) is 43.8 Å². The van der Waals surface area contributed by atoms with Crippen molar-refractivity contribution in [2.75, 3.05) is 33.5 Å². The summed E-state index contributed by atoms with van der Waals surface area (Å²) >= 11 is 0. The van der Waals surface area contributed by atoms with Crippen LogP contribution in [0.2, 0.25) is 0 Å². The van der Waals surface area contributed by atoms with E-state index in [1.54, 1.807) is 7.11 Å². The molecule has 0 bridgehead atoms. The molecule has 0 atom stereocenters. The van der Waals surface area contributed by atoms with Gasteiger partial charge in [-0.3, -0.25) is 9.13 Å². The highest BCUT2D eigenvalue weighted by atomic mass is 31.2. The molecule has 0 aliphatic rings. The molecule has 0 fully saturated rings. The fraction of sp³-hybridized carbons (Fsp3) is 0.782. The standard InChI is InChI=1S/C28H51O4P.C27H49O4P/c1-7-9-11-13-15-17-19-31-33(29,32-20-18-16-14-12-10-8-2)23-27-22-26(24(3)4)21-25(5)28(27)30-6;1-6-8-10-12-14-16-18-30-32(29,31-19-17-15-13-11-9-7-2)22-26-21-25(23(3)4)20-24(5)27(26)28/h21-22,24H,7-20,23H2,1-6H3;20-21,23,28H,6-19,22H2,1-5H3. The largest absolute Gasteiger partial charge is 0.507 e. The number of methoxy groups -OCH3 is 1. The monoisotopic (exact) mass is 951 g/mol. The molecule has 2 aromatic rings. The van der Waals surface area contributed by atoms with Gasteiger partial charge in [-0.15, -0.1) is 0 Å². The van der Waals surface area contributed by atoms with Gasteiger partial charge in [-0.25, -0.2) is 0 Å². The molecule has 0 amide bonds. The van der Waals surface area contributed by atoms with E-state index in [9.17, 15) is 14.2 Å². The third kappa shape index (κ3) is 27.8. The Balaban J connectivity index is 0.000000650. The fourth-order valence-corrected chi connectivity index (χ4v) is 11.4. The van der Waals surface area contributed by atoms with Gasteiger partial charge in [0.15, 0.2) is 0 Å². The van der Waals surface area contributed by atoms with Crippen molar-refractivity contribution in [3.63, 3.8) is 0 Å². The maximum atomic E-state index is 13.8. The van der Waals surface area contributed by atoms with Crippen LogP contribution in [0.5, 0.6) is 11.5 Å². The summed E-state index contributed by atoms with van der Waals surface area (Å²) in [6, 6.07) is 8.24. The second-order valence-corrected chi connectivity index (χ2v) is 23.2. The van der Waals surface area contributed by atoms with Crippen LogP contribution in [-0.2, 0) is 39.5 Å². The zero-order valence-corrected chi connectivity index (χ0v) is 45.7. The Bertz CT molecular complexity index is 1550. The lowest BCUT2D eigenvalue weighted by Gasteiger charge is -2.22. The van der Waals surface area contributed by atoms with Crippen molar-refractivity contribution in [3.8, 4) is 11.5 Å². The van der Waals surface area contributed by atoms with Crippen LogP contribution < -0.4 is 4.74 Å². The second kappa shape index (κ2) is 37.3. The van der Waals surface area contributed by atoms with E-state index in [1.165, 1.54) is 108 Å². The molecule has 2 aromatic carbocycles. The first-order chi connectivity index (χ1) is 31.2. The Morgan fingerprint density at radius 1 is 0.446 bits per heavy atom. The van der Waals surface area contributed by atoms with E-state index in [1.807, 2.05) is 26.0 Å². The van der Waals surface area contributed by atoms with E-state index >= 15 is 0 Å². The Morgan fingerprint density at radius 2 is 0.738 bits per heavy atom. The molecule has 0 radical (unpaired) electrons. The summed E-state index contributed by atoms with van der Waals surface area (Å²) in [5.41, 5.74) is 5.83. The van der Waals surface area contributed by atoms with Gasteiger partial charge >= 0.3 is 15.2 Å². The van der Waals surface area contributed by atoms with Crippen molar-refractivity contribution < 1.29 is 37.1 Å². The summed E-state index contributed by atoms with van der Waals surface area (Å²) in [7, 11) is -4.89. The summed E-state index contributed by atoms with van der Waals surface area (Å²) in [5, 5.41) is 10.6. The lowest BCUT2D eigenvalue weighted by molar-refractivity contribution is 0.195. The van der Waals surface area contributed by atoms with Crippen LogP contribution in [0.4, 0.5) is 0 Å². The highest BCUT2D eigenvalue weighted by Gasteiger charge is 2.29. The van der Waals surface area contributed by atoms with Gasteiger partial charge in [-0.2, -0.15) is 0 Å². The van der Waals surface area contributed by atoms with Crippen LogP contribution in [-0.4, -0.2) is 38.6 Å². The number of hydrogen-bond acceptors (Lipinski definition) is 8. The molecule has 0 heterocycles. The first kappa shape index (κ1) is 61.4. The van der Waals surface area contributed by atoms with Gasteiger partial charge in [0.05, 0.1) is 45.9 Å². The Hall–Kier alpha value is -1.66. The van der Waals surface area contributed by atoms with E-state index in [4.69, 9.17) is 22.8 Å². The highest BCUT2D eigenvalue weighted by Crippen LogP contribution is 2.54. The van der Waals surface area contributed by atoms with E-state index in [-0.39, 0.29) is 18.1 Å². The SMILES string of the molecule is CCCCCCCCOP(=O)(Cc1cc(C(C)C)cc(C)c1O)OCCCCCCCC.CCCCCCCCOP(=O)(Cc1cc(C(C)C)cc(C)c1OC)OCCCCCCCC. The van der Waals surface area contributed by atoms with Crippen LogP contribution in [0.1, 0.15) is 255 Å². The number of rotatable bonds is 39. The fourth-order valence-electron chi connectivity index (χ4n) is 7.98. The number of benzene rings is 2. The summed E-state index contributed by atoms with van der Waals surface area (Å²) in [6.07, 6.45) is 28.3. The van der Waals surface area contributed by atoms with Crippen LogP contribution in [0.15, 0.2) is 24.3 Å². The molecular formula is C55H100O8P2. The van der Waals surface area contributed by atoms with E-state index < -0.39 is 15.2 Å². The molecule has 0 unspecified atom stereocenters. The Morgan fingerprint density at radius 3 is 1.06 bits per heavy atom. The molecule has 0 saturated carbocycles. The van der Waals surface area contributed by atoms with Gasteiger partial charge in [0.25, 0.3) is 0 Å². The predicted molar refractivity (Wildman–Crippen MR) is 279 cm³/mol. The molecule has 2 rings (SSSR count). The van der Waals surface area contributed by atoms with Crippen molar-refractivity contribution >= 4 is 15.2 Å². The minimum absolute atomic E-state index is 0.131. The maximum Gasteiger partial charge on any atom is 0.335 e. The lowest BCUT2D eigenvalue weighted by Crippen LogP contribution is -2.05. The van der Waals surface area contributed by atoms with Crippen molar-refractivity contribution in [2.24, 2.45) is 0 Å². The van der Waals surface area contributed by atoms with Crippen molar-refractivity contribution in [2.45, 2.75) is 247 Å². The quantitative estimate of drug-likeness (QED) is 0.0522. The molecule has 65 heavy (non-hydrogen) atoms. The summed E-state index contributed by atoms with van der Waals surface area (Å²) < 4.78 is 57.0. The molecule has 0 spiro atoms. The number of hydrogen-bond donors (Lipinski definition) is 1. The molecule has 0 saturated heterocycles. The Kier molecular flexibility index (Phi) is 35.2. The van der Waals surface area contributed by atoms with Gasteiger partial charge < -0.3 is 27.9 Å². The van der Waals surface area contributed by atoms with Gasteiger partial charge in [0.2, 0.25) is 0 Å². The number of phenols is 1. The second-order valence-electron chi connectivity index (χ2n) is 19.1. The number of aryl methyl sites for hydroxylation is 2. The topological polar surface area (TPSA) is 101 Å². The van der Waals surface area contributed by atoms with Crippen LogP contribution >= 0.6 is 15.2 Å². The molecule has 378 valence electrons. The normalized spacial score (nSPS) is 12.0. The van der Waals surface area contributed by atoms with Gasteiger partial charge in [-0.05, 0) is 73.6 Å². The lowest BCUT2D eigenvalue weighted by atomic mass is 9.98. The number of unbranched alkanes of at least 4 members (excludes halogenated alkanes) is 20. The van der Waals surface area contributed by atoms with Gasteiger partial charge in [0.1, 0.15) is 11.5 Å². The smallest absolute Gasteiger partial charge is 0.335 e. The van der Waals surface area contributed by atoms with Gasteiger partial charge in [-0.1, -0.05) is 208 Å². The first-order valence-electron chi connectivity index (χ1n) is 26.5. The highest BCUT2D eigenvalue weighted by molar-refractivity contribution is 7.53. The number of aromatic hydroxyl groups is 1. The molecule has 0 aromatic heterocycles. The molecule has 0 aliphatic carbocycles. The molecule has 0 aliphatic heterocycles. The first-order valence-corrected chi connectivity index (χ1v) is 29.9. The maximum absolute atomic E-state index is 13.8. The number of ether oxygens (including phenoxy) is 1. The summed E-state index contributed by atoms with van der Waals surface area (Å²) in [5.74, 6) is 1.73. The minimum Gasteiger partial charge on any atom is -0.507 e. The zero-order valence-electron chi connectivity index (χ0n) is 43.9. The van der Waals surface area contributed by atoms with Crippen molar-refractivity contribution in [3.05, 3.63) is 57.6 Å². The van der Waals surface area contributed by atoms with Gasteiger partial charge in [0, 0.05) is 11.1 Å². The zero-order chi connectivity index (χ0) is 48.4. The summed E-state index contributed by atoms with van der Waals surface area (Å²) in [4.78, 5) is 0. The van der Waals surface area contributed by atoms with Crippen LogP contribution in [0.3, 0.4) is 0 Å². The third-order valence-corrected chi connectivity index (χ3v) is 15.9. The summed E-state index contributed by atoms with van der Waals surface area (Å²) in [6.45, 7) is 23.3. The van der Waals surface area contributed by atoms with Crippen molar-refractivity contribution in [1.82, 2.24) is 0 Å². The minimum atomic E-state index is -3.32. The Labute approximate surface area is 400 Å². The number of phenolic OH excluding ortho intramolecular Hbond substituents is 1. The van der Waals surface area contributed by atoms with Crippen molar-refractivity contribution in [1.29, 1.82) is 0 Å². The van der Waals surface area contributed by atoms with Crippen LogP contribution in [0.25, 0.3) is 0 Å². The molecular weight excluding hydrogens is 851 g/mol. The molecule has 1 N–H and O–H groups in total. The average Bonchev–Trinajstić information content (AvgIpc) is 3.26. The van der Waals surface area contributed by atoms with E-state index in [2.05, 4.69) is 67.5 Å². The molecule has 8 nitrogen and oxygen atoms in total. The third-order valence-electron chi connectivity index (χ3n) is 12.2. The predicted octanol–water partition coefficient (Wildman–Crippen LogP) is 18.8. The molecule has 10 heteroatoms. The van der Waals surface area contributed by atoms with Crippen LogP contribution in [0, 0.1) is 13.8 Å².